The number of pyridine rings is 1. The van der Waals surface area contributed by atoms with Gasteiger partial charge in [0, 0.05) is 17.1 Å². The van der Waals surface area contributed by atoms with Gasteiger partial charge in [0.15, 0.2) is 11.4 Å². The molecule has 0 atom stereocenters. The van der Waals surface area contributed by atoms with E-state index >= 15 is 0 Å². The van der Waals surface area contributed by atoms with E-state index in [-0.39, 0.29) is 24.1 Å². The molecule has 0 fully saturated rings. The average Bonchev–Trinajstić information content (AvgIpc) is 3.01. The van der Waals surface area contributed by atoms with Crippen LogP contribution in [0.1, 0.15) is 30.5 Å². The number of aromatic nitrogens is 3. The van der Waals surface area contributed by atoms with E-state index < -0.39 is 0 Å². The van der Waals surface area contributed by atoms with Gasteiger partial charge >= 0.3 is 5.69 Å². The molecule has 0 bridgehead atoms. The predicted molar refractivity (Wildman–Crippen MR) is 117 cm³/mol. The molecule has 0 saturated heterocycles. The number of halogens is 1. The Bertz CT molecular complexity index is 1170. The van der Waals surface area contributed by atoms with Crippen molar-refractivity contribution in [3.05, 3.63) is 99.0 Å². The SMILES string of the molecule is CCC(=O)Cn1c(=O)n(C(c2ccccc2)c2ccccc2)c2ncc(Br)cc21. The van der Waals surface area contributed by atoms with Gasteiger partial charge in [-0.3, -0.25) is 13.9 Å². The molecule has 0 saturated carbocycles. The zero-order valence-corrected chi connectivity index (χ0v) is 17.5. The minimum absolute atomic E-state index is 0.00194. The number of imidazole rings is 1. The molecule has 2 aromatic heterocycles. The molecule has 146 valence electrons. The molecule has 0 aliphatic carbocycles. The molecule has 0 aliphatic rings. The van der Waals surface area contributed by atoms with Gasteiger partial charge in [0.2, 0.25) is 0 Å². The summed E-state index contributed by atoms with van der Waals surface area (Å²) >= 11 is 3.44. The molecule has 6 heteroatoms. The lowest BCUT2D eigenvalue weighted by Crippen LogP contribution is -2.30. The molecule has 0 unspecified atom stereocenters. The molecular formula is C23H20BrN3O2. The van der Waals surface area contributed by atoms with Gasteiger partial charge in [0.05, 0.1) is 18.1 Å². The van der Waals surface area contributed by atoms with Crippen LogP contribution >= 0.6 is 15.9 Å². The summed E-state index contributed by atoms with van der Waals surface area (Å²) in [4.78, 5) is 30.3. The first-order valence-corrected chi connectivity index (χ1v) is 10.3. The summed E-state index contributed by atoms with van der Waals surface area (Å²) < 4.78 is 3.98. The highest BCUT2D eigenvalue weighted by Crippen LogP contribution is 2.29. The van der Waals surface area contributed by atoms with Crippen LogP contribution in [-0.4, -0.2) is 19.9 Å². The van der Waals surface area contributed by atoms with Crippen LogP contribution in [0.3, 0.4) is 0 Å². The Labute approximate surface area is 176 Å². The van der Waals surface area contributed by atoms with Crippen LogP contribution in [0.2, 0.25) is 0 Å². The molecule has 0 aliphatic heterocycles. The van der Waals surface area contributed by atoms with E-state index in [0.717, 1.165) is 15.6 Å². The van der Waals surface area contributed by atoms with E-state index in [2.05, 4.69) is 20.9 Å². The summed E-state index contributed by atoms with van der Waals surface area (Å²) in [5, 5.41) is 0. The van der Waals surface area contributed by atoms with Crippen molar-refractivity contribution >= 4 is 32.9 Å². The number of Topliss-reactive ketones (excluding diaryl/α,β-unsaturated/α-hetero) is 1. The first kappa shape index (κ1) is 19.3. The normalized spacial score (nSPS) is 11.3. The first-order chi connectivity index (χ1) is 14.1. The molecule has 0 amide bonds. The maximum atomic E-state index is 13.6. The van der Waals surface area contributed by atoms with Crippen molar-refractivity contribution in [3.8, 4) is 0 Å². The topological polar surface area (TPSA) is 56.9 Å². The van der Waals surface area contributed by atoms with Gasteiger partial charge < -0.3 is 0 Å². The molecule has 4 aromatic rings. The van der Waals surface area contributed by atoms with E-state index in [4.69, 9.17) is 0 Å². The fraction of sp³-hybridized carbons (Fsp3) is 0.174. The second-order valence-electron chi connectivity index (χ2n) is 6.85. The van der Waals surface area contributed by atoms with Gasteiger partial charge in [-0.1, -0.05) is 67.6 Å². The van der Waals surface area contributed by atoms with Crippen molar-refractivity contribution in [2.24, 2.45) is 0 Å². The Hall–Kier alpha value is -2.99. The lowest BCUT2D eigenvalue weighted by molar-refractivity contribution is -0.119. The molecule has 4 rings (SSSR count). The van der Waals surface area contributed by atoms with Crippen LogP contribution in [-0.2, 0) is 11.3 Å². The molecule has 0 radical (unpaired) electrons. The molecule has 2 heterocycles. The Morgan fingerprint density at radius 1 is 1.03 bits per heavy atom. The van der Waals surface area contributed by atoms with Crippen molar-refractivity contribution < 1.29 is 4.79 Å². The standard InChI is InChI=1S/C23H20BrN3O2/c1-2-19(28)15-26-20-13-18(24)14-25-22(20)27(23(26)29)21(16-9-5-3-6-10-16)17-11-7-4-8-12-17/h3-14,21H,2,15H2,1H3. The van der Waals surface area contributed by atoms with Crippen LogP contribution in [0.15, 0.2) is 82.2 Å². The van der Waals surface area contributed by atoms with Gasteiger partial charge in [-0.05, 0) is 33.1 Å². The Balaban J connectivity index is 2.03. The third-order valence-corrected chi connectivity index (χ3v) is 5.42. The second kappa shape index (κ2) is 8.17. The van der Waals surface area contributed by atoms with Crippen molar-refractivity contribution in [3.63, 3.8) is 0 Å². The molecule has 2 aromatic carbocycles. The van der Waals surface area contributed by atoms with Crippen LogP contribution < -0.4 is 5.69 Å². The smallest absolute Gasteiger partial charge is 0.298 e. The van der Waals surface area contributed by atoms with E-state index in [1.54, 1.807) is 17.7 Å². The van der Waals surface area contributed by atoms with Gasteiger partial charge in [-0.2, -0.15) is 0 Å². The van der Waals surface area contributed by atoms with Crippen LogP contribution in [0, 0.1) is 0 Å². The summed E-state index contributed by atoms with van der Waals surface area (Å²) in [6.45, 7) is 1.84. The zero-order valence-electron chi connectivity index (χ0n) is 16.0. The Kier molecular flexibility index (Phi) is 5.45. The van der Waals surface area contributed by atoms with Crippen molar-refractivity contribution in [2.75, 3.05) is 0 Å². The number of hydrogen-bond acceptors (Lipinski definition) is 3. The highest BCUT2D eigenvalue weighted by molar-refractivity contribution is 9.10. The molecule has 0 spiro atoms. The molecular weight excluding hydrogens is 430 g/mol. The highest BCUT2D eigenvalue weighted by atomic mass is 79.9. The Morgan fingerprint density at radius 3 is 2.17 bits per heavy atom. The third-order valence-electron chi connectivity index (χ3n) is 4.99. The maximum Gasteiger partial charge on any atom is 0.331 e. The number of rotatable bonds is 6. The summed E-state index contributed by atoms with van der Waals surface area (Å²) in [6, 6.07) is 21.2. The number of carbonyl (C=O) groups excluding carboxylic acids is 1. The highest BCUT2D eigenvalue weighted by Gasteiger charge is 2.25. The lowest BCUT2D eigenvalue weighted by atomic mass is 9.98. The van der Waals surface area contributed by atoms with E-state index in [1.165, 1.54) is 4.57 Å². The minimum atomic E-state index is -0.348. The minimum Gasteiger partial charge on any atom is -0.298 e. The third kappa shape index (κ3) is 3.68. The Morgan fingerprint density at radius 2 is 1.62 bits per heavy atom. The quantitative estimate of drug-likeness (QED) is 0.432. The lowest BCUT2D eigenvalue weighted by Gasteiger charge is -2.19. The second-order valence-corrected chi connectivity index (χ2v) is 7.77. The van der Waals surface area contributed by atoms with E-state index in [0.29, 0.717) is 17.6 Å². The van der Waals surface area contributed by atoms with Crippen molar-refractivity contribution in [1.29, 1.82) is 0 Å². The first-order valence-electron chi connectivity index (χ1n) is 9.48. The predicted octanol–water partition coefficient (Wildman–Crippen LogP) is 4.58. The summed E-state index contributed by atoms with van der Waals surface area (Å²) in [5.74, 6) is 0.00194. The average molecular weight is 450 g/mol. The molecule has 29 heavy (non-hydrogen) atoms. The van der Waals surface area contributed by atoms with Crippen LogP contribution in [0.25, 0.3) is 11.2 Å². The van der Waals surface area contributed by atoms with Gasteiger partial charge in [-0.25, -0.2) is 9.78 Å². The summed E-state index contributed by atoms with van der Waals surface area (Å²) in [5.41, 5.74) is 2.91. The van der Waals surface area contributed by atoms with Crippen molar-refractivity contribution in [2.45, 2.75) is 25.9 Å². The number of fused-ring (bicyclic) bond motifs is 1. The summed E-state index contributed by atoms with van der Waals surface area (Å²) in [6.07, 6.45) is 2.05. The van der Waals surface area contributed by atoms with E-state index in [9.17, 15) is 9.59 Å². The van der Waals surface area contributed by atoms with E-state index in [1.807, 2.05) is 66.7 Å². The molecule has 5 nitrogen and oxygen atoms in total. The fourth-order valence-corrected chi connectivity index (χ4v) is 3.88. The maximum absolute atomic E-state index is 13.6. The number of carbonyl (C=O) groups is 1. The number of benzene rings is 2. The molecule has 0 N–H and O–H groups in total. The number of ketones is 1. The van der Waals surface area contributed by atoms with Gasteiger partial charge in [0.25, 0.3) is 0 Å². The monoisotopic (exact) mass is 449 g/mol. The number of nitrogens with zero attached hydrogens (tertiary/aromatic N) is 3. The van der Waals surface area contributed by atoms with Gasteiger partial charge in [-0.15, -0.1) is 0 Å². The van der Waals surface area contributed by atoms with Crippen LogP contribution in [0.5, 0.6) is 0 Å². The fourth-order valence-electron chi connectivity index (χ4n) is 3.56. The van der Waals surface area contributed by atoms with Crippen molar-refractivity contribution in [1.82, 2.24) is 14.1 Å². The summed E-state index contributed by atoms with van der Waals surface area (Å²) in [7, 11) is 0. The number of hydrogen-bond donors (Lipinski definition) is 0. The largest absolute Gasteiger partial charge is 0.331 e. The van der Waals surface area contributed by atoms with Gasteiger partial charge in [0.1, 0.15) is 0 Å². The van der Waals surface area contributed by atoms with Crippen LogP contribution in [0.4, 0.5) is 0 Å². The zero-order chi connectivity index (χ0) is 20.4.